The second-order valence-electron chi connectivity index (χ2n) is 5.76. The molecule has 0 aliphatic carbocycles. The summed E-state index contributed by atoms with van der Waals surface area (Å²) in [4.78, 5) is 20.6. The molecule has 8 nitrogen and oxygen atoms in total. The molecule has 0 aliphatic heterocycles. The Kier molecular flexibility index (Phi) is 5.36. The van der Waals surface area contributed by atoms with Crippen molar-refractivity contribution in [3.8, 4) is 5.75 Å². The molecule has 8 heteroatoms. The van der Waals surface area contributed by atoms with Gasteiger partial charge in [-0.1, -0.05) is 24.3 Å². The molecule has 0 fully saturated rings. The van der Waals surface area contributed by atoms with Gasteiger partial charge >= 0.3 is 0 Å². The number of methoxy groups -OCH3 is 1. The number of nitrogens with two attached hydrogens (primary N) is 1. The van der Waals surface area contributed by atoms with Crippen molar-refractivity contribution in [3.63, 3.8) is 0 Å². The lowest BCUT2D eigenvalue weighted by Crippen LogP contribution is -2.30. The number of hydrogen-bond donors (Lipinski definition) is 4. The lowest BCUT2D eigenvalue weighted by molar-refractivity contribution is 0.0959. The van der Waals surface area contributed by atoms with E-state index in [0.29, 0.717) is 17.1 Å². The number of anilines is 4. The summed E-state index contributed by atoms with van der Waals surface area (Å²) < 4.78 is 5.19. The molecule has 0 spiro atoms. The SMILES string of the molecule is COc1ccccc1C(=O)NNc1ncnc(Nc2cccc(C)c2)c1N. The summed E-state index contributed by atoms with van der Waals surface area (Å²) in [6.07, 6.45) is 1.35. The number of benzene rings is 2. The second-order valence-corrected chi connectivity index (χ2v) is 5.76. The highest BCUT2D eigenvalue weighted by atomic mass is 16.5. The largest absolute Gasteiger partial charge is 0.496 e. The number of aromatic nitrogens is 2. The Labute approximate surface area is 156 Å². The van der Waals surface area contributed by atoms with E-state index in [1.54, 1.807) is 24.3 Å². The van der Waals surface area contributed by atoms with Crippen molar-refractivity contribution in [2.75, 3.05) is 23.6 Å². The number of nitrogen functional groups attached to an aromatic ring is 1. The van der Waals surface area contributed by atoms with Gasteiger partial charge in [0, 0.05) is 5.69 Å². The van der Waals surface area contributed by atoms with Crippen LogP contribution in [0.15, 0.2) is 54.9 Å². The summed E-state index contributed by atoms with van der Waals surface area (Å²) >= 11 is 0. The third-order valence-corrected chi connectivity index (χ3v) is 3.81. The van der Waals surface area contributed by atoms with E-state index < -0.39 is 0 Å². The minimum Gasteiger partial charge on any atom is -0.496 e. The standard InChI is InChI=1S/C19H20N6O2/c1-12-6-5-7-13(10-12)23-17-16(20)18(22-11-21-17)24-25-19(26)14-8-3-4-9-15(14)27-2/h3-11H,20H2,1-2H3,(H,25,26)(H2,21,22,23,24). The molecule has 1 heterocycles. The Balaban J connectivity index is 1.73. The molecular weight excluding hydrogens is 344 g/mol. The van der Waals surface area contributed by atoms with Gasteiger partial charge < -0.3 is 15.8 Å². The number of hydrogen-bond acceptors (Lipinski definition) is 7. The lowest BCUT2D eigenvalue weighted by Gasteiger charge is -2.14. The van der Waals surface area contributed by atoms with Crippen LogP contribution in [-0.4, -0.2) is 23.0 Å². The van der Waals surface area contributed by atoms with Crippen LogP contribution in [0.5, 0.6) is 5.75 Å². The molecule has 27 heavy (non-hydrogen) atoms. The zero-order valence-electron chi connectivity index (χ0n) is 15.0. The van der Waals surface area contributed by atoms with Crippen LogP contribution in [0.2, 0.25) is 0 Å². The maximum atomic E-state index is 12.4. The van der Waals surface area contributed by atoms with Gasteiger partial charge in [-0.25, -0.2) is 9.97 Å². The van der Waals surface area contributed by atoms with E-state index in [9.17, 15) is 4.79 Å². The number of nitrogens with zero attached hydrogens (tertiary/aromatic N) is 2. The van der Waals surface area contributed by atoms with Gasteiger partial charge in [-0.05, 0) is 36.8 Å². The Hall–Kier alpha value is -3.81. The molecule has 3 rings (SSSR count). The van der Waals surface area contributed by atoms with Crippen molar-refractivity contribution in [2.24, 2.45) is 0 Å². The summed E-state index contributed by atoms with van der Waals surface area (Å²) in [7, 11) is 1.51. The van der Waals surface area contributed by atoms with Gasteiger partial charge in [0.05, 0.1) is 12.7 Å². The predicted molar refractivity (Wildman–Crippen MR) is 105 cm³/mol. The summed E-state index contributed by atoms with van der Waals surface area (Å²) in [6.45, 7) is 1.99. The first-order valence-corrected chi connectivity index (χ1v) is 8.22. The van der Waals surface area contributed by atoms with Crippen molar-refractivity contribution in [2.45, 2.75) is 6.92 Å². The normalized spacial score (nSPS) is 10.1. The third kappa shape index (κ3) is 4.24. The van der Waals surface area contributed by atoms with Crippen molar-refractivity contribution in [3.05, 3.63) is 66.0 Å². The fourth-order valence-electron chi connectivity index (χ4n) is 2.47. The van der Waals surface area contributed by atoms with Gasteiger partial charge in [0.1, 0.15) is 17.8 Å². The first-order valence-electron chi connectivity index (χ1n) is 8.22. The number of nitrogens with one attached hydrogen (secondary N) is 3. The molecule has 0 radical (unpaired) electrons. The molecule has 0 unspecified atom stereocenters. The molecule has 0 bridgehead atoms. The highest BCUT2D eigenvalue weighted by Crippen LogP contribution is 2.25. The smallest absolute Gasteiger partial charge is 0.273 e. The second kappa shape index (κ2) is 8.05. The molecule has 2 aromatic carbocycles. The number of rotatable bonds is 6. The molecule has 5 N–H and O–H groups in total. The fourth-order valence-corrected chi connectivity index (χ4v) is 2.47. The van der Waals surface area contributed by atoms with Gasteiger partial charge in [0.2, 0.25) is 0 Å². The minimum absolute atomic E-state index is 0.277. The summed E-state index contributed by atoms with van der Waals surface area (Å²) in [5.74, 6) is 0.806. The average Bonchev–Trinajstić information content (AvgIpc) is 2.68. The number of para-hydroxylation sites is 1. The number of hydrazine groups is 1. The summed E-state index contributed by atoms with van der Waals surface area (Å²) in [5, 5.41) is 3.14. The van der Waals surface area contributed by atoms with Crippen molar-refractivity contribution < 1.29 is 9.53 Å². The van der Waals surface area contributed by atoms with E-state index in [0.717, 1.165) is 11.3 Å². The number of carbonyl (C=O) groups is 1. The highest BCUT2D eigenvalue weighted by molar-refractivity contribution is 5.97. The van der Waals surface area contributed by atoms with E-state index in [2.05, 4.69) is 26.1 Å². The van der Waals surface area contributed by atoms with Crippen molar-refractivity contribution in [1.29, 1.82) is 0 Å². The van der Waals surface area contributed by atoms with E-state index in [4.69, 9.17) is 10.5 Å². The molecule has 0 atom stereocenters. The van der Waals surface area contributed by atoms with E-state index in [1.165, 1.54) is 13.4 Å². The zero-order valence-corrected chi connectivity index (χ0v) is 15.0. The fraction of sp³-hybridized carbons (Fsp3) is 0.105. The Morgan fingerprint density at radius 3 is 2.63 bits per heavy atom. The molecular formula is C19H20N6O2. The first kappa shape index (κ1) is 18.0. The van der Waals surface area contributed by atoms with Gasteiger partial charge in [0.25, 0.3) is 5.91 Å². The summed E-state index contributed by atoms with van der Waals surface area (Å²) in [6, 6.07) is 14.7. The lowest BCUT2D eigenvalue weighted by atomic mass is 10.2. The number of amides is 1. The maximum Gasteiger partial charge on any atom is 0.273 e. The van der Waals surface area contributed by atoms with E-state index >= 15 is 0 Å². The minimum atomic E-state index is -0.376. The van der Waals surface area contributed by atoms with Gasteiger partial charge in [0.15, 0.2) is 11.6 Å². The topological polar surface area (TPSA) is 114 Å². The third-order valence-electron chi connectivity index (χ3n) is 3.81. The van der Waals surface area contributed by atoms with E-state index in [1.807, 2.05) is 31.2 Å². The van der Waals surface area contributed by atoms with Crippen LogP contribution in [-0.2, 0) is 0 Å². The molecule has 0 aliphatic rings. The Morgan fingerprint density at radius 2 is 1.85 bits per heavy atom. The molecule has 3 aromatic rings. The van der Waals surface area contributed by atoms with Crippen LogP contribution in [0, 0.1) is 6.92 Å². The zero-order chi connectivity index (χ0) is 19.2. The molecule has 1 aromatic heterocycles. The maximum absolute atomic E-state index is 12.4. The molecule has 1 amide bonds. The number of aryl methyl sites for hydroxylation is 1. The van der Waals surface area contributed by atoms with Crippen LogP contribution in [0.25, 0.3) is 0 Å². The monoisotopic (exact) mass is 364 g/mol. The molecule has 0 saturated carbocycles. The van der Waals surface area contributed by atoms with Gasteiger partial charge in [-0.3, -0.25) is 15.6 Å². The van der Waals surface area contributed by atoms with Crippen LogP contribution in [0.3, 0.4) is 0 Å². The van der Waals surface area contributed by atoms with Gasteiger partial charge in [-0.2, -0.15) is 0 Å². The molecule has 138 valence electrons. The number of ether oxygens (including phenoxy) is 1. The summed E-state index contributed by atoms with van der Waals surface area (Å²) in [5.41, 5.74) is 14.0. The number of carbonyl (C=O) groups excluding carboxylic acids is 1. The van der Waals surface area contributed by atoms with Crippen molar-refractivity contribution >= 4 is 28.9 Å². The van der Waals surface area contributed by atoms with E-state index in [-0.39, 0.29) is 17.4 Å². The average molecular weight is 364 g/mol. The first-order chi connectivity index (χ1) is 13.1. The van der Waals surface area contributed by atoms with Crippen LogP contribution >= 0.6 is 0 Å². The van der Waals surface area contributed by atoms with Crippen LogP contribution in [0.4, 0.5) is 23.0 Å². The molecule has 0 saturated heterocycles. The predicted octanol–water partition coefficient (Wildman–Crippen LogP) is 2.88. The van der Waals surface area contributed by atoms with Gasteiger partial charge in [-0.15, -0.1) is 0 Å². The Bertz CT molecular complexity index is 960. The van der Waals surface area contributed by atoms with Crippen LogP contribution < -0.4 is 26.6 Å². The van der Waals surface area contributed by atoms with Crippen molar-refractivity contribution in [1.82, 2.24) is 15.4 Å². The Morgan fingerprint density at radius 1 is 1.07 bits per heavy atom. The quantitative estimate of drug-likeness (QED) is 0.497. The highest BCUT2D eigenvalue weighted by Gasteiger charge is 2.13. The van der Waals surface area contributed by atoms with Crippen LogP contribution in [0.1, 0.15) is 15.9 Å².